The summed E-state index contributed by atoms with van der Waals surface area (Å²) in [4.78, 5) is 0. The van der Waals surface area contributed by atoms with E-state index in [0.29, 0.717) is 35.8 Å². The number of benzene rings is 1. The van der Waals surface area contributed by atoms with Crippen LogP contribution in [-0.4, -0.2) is 23.0 Å². The van der Waals surface area contributed by atoms with Gasteiger partial charge in [-0.25, -0.2) is 0 Å². The number of halogens is 1. The number of hydrogen-bond donors (Lipinski definition) is 2. The van der Waals surface area contributed by atoms with Crippen molar-refractivity contribution >= 4 is 0 Å². The van der Waals surface area contributed by atoms with Crippen LogP contribution in [0.25, 0.3) is 0 Å². The van der Waals surface area contributed by atoms with Gasteiger partial charge in [0.25, 0.3) is 0 Å². The standard InChI is InChI=1S/C33H51FO2/c1-33-21-20-29-28-17-16-27(35)24-26(28)23-25(32(29)30(33)18-19-31(33)36)15-13-11-9-7-5-3-2-4-6-8-10-12-14-22-34/h6,8,16-17,24-25,29-32,35-36H,2-5,7,9-15,18-23H2,1H3/b8-6-/t25?,29-,30+,31+,32-,33+/m1/s1. The molecule has 1 aromatic carbocycles. The second kappa shape index (κ2) is 13.4. The van der Waals surface area contributed by atoms with Crippen molar-refractivity contribution in [3.63, 3.8) is 0 Å². The monoisotopic (exact) mass is 498 g/mol. The predicted octanol–water partition coefficient (Wildman–Crippen LogP) is 9.04. The van der Waals surface area contributed by atoms with Gasteiger partial charge in [-0.1, -0.05) is 63.7 Å². The molecule has 0 saturated heterocycles. The maximum atomic E-state index is 12.1. The summed E-state index contributed by atoms with van der Waals surface area (Å²) in [6.07, 6.45) is 24.5. The Bertz CT molecular complexity index is 835. The highest BCUT2D eigenvalue weighted by molar-refractivity contribution is 5.40. The van der Waals surface area contributed by atoms with Crippen LogP contribution in [0.15, 0.2) is 30.4 Å². The number of fused-ring (bicyclic) bond motifs is 5. The Balaban J connectivity index is 1.21. The lowest BCUT2D eigenvalue weighted by Crippen LogP contribution is -2.47. The summed E-state index contributed by atoms with van der Waals surface area (Å²) in [6.45, 7) is 2.19. The minimum absolute atomic E-state index is 0.109. The van der Waals surface area contributed by atoms with Crippen LogP contribution in [-0.2, 0) is 6.42 Å². The van der Waals surface area contributed by atoms with Crippen LogP contribution in [0.4, 0.5) is 4.39 Å². The molecule has 6 atom stereocenters. The number of aliphatic hydroxyl groups excluding tert-OH is 1. The molecule has 0 heterocycles. The summed E-state index contributed by atoms with van der Waals surface area (Å²) in [5, 5.41) is 21.0. The summed E-state index contributed by atoms with van der Waals surface area (Å²) in [6, 6.07) is 6.13. The predicted molar refractivity (Wildman–Crippen MR) is 148 cm³/mol. The summed E-state index contributed by atoms with van der Waals surface area (Å²) >= 11 is 0. The number of aromatic hydroxyl groups is 1. The molecule has 4 rings (SSSR count). The topological polar surface area (TPSA) is 40.5 Å². The smallest absolute Gasteiger partial charge is 0.115 e. The lowest BCUT2D eigenvalue weighted by molar-refractivity contribution is -0.0396. The van der Waals surface area contributed by atoms with E-state index < -0.39 is 0 Å². The van der Waals surface area contributed by atoms with Gasteiger partial charge >= 0.3 is 0 Å². The molecule has 3 heteroatoms. The molecule has 0 radical (unpaired) electrons. The third-order valence-electron chi connectivity index (χ3n) is 10.2. The van der Waals surface area contributed by atoms with E-state index >= 15 is 0 Å². The maximum Gasteiger partial charge on any atom is 0.115 e. The largest absolute Gasteiger partial charge is 0.508 e. The Morgan fingerprint density at radius 1 is 0.917 bits per heavy atom. The van der Waals surface area contributed by atoms with Gasteiger partial charge in [0.15, 0.2) is 0 Å². The van der Waals surface area contributed by atoms with Gasteiger partial charge in [-0.15, -0.1) is 0 Å². The highest BCUT2D eigenvalue weighted by atomic mass is 19.1. The highest BCUT2D eigenvalue weighted by Gasteiger charge is 2.56. The second-order valence-corrected chi connectivity index (χ2v) is 12.5. The van der Waals surface area contributed by atoms with Crippen LogP contribution >= 0.6 is 0 Å². The molecular weight excluding hydrogens is 447 g/mol. The van der Waals surface area contributed by atoms with Crippen LogP contribution in [0.5, 0.6) is 5.75 Å². The molecule has 202 valence electrons. The number of alkyl halides is 1. The Morgan fingerprint density at radius 3 is 2.36 bits per heavy atom. The van der Waals surface area contributed by atoms with Gasteiger partial charge in [0.05, 0.1) is 12.8 Å². The van der Waals surface area contributed by atoms with Crippen molar-refractivity contribution < 1.29 is 14.6 Å². The first kappa shape index (κ1) is 27.7. The lowest BCUT2D eigenvalue weighted by Gasteiger charge is -2.53. The molecule has 0 aromatic heterocycles. The Hall–Kier alpha value is -1.35. The molecule has 3 aliphatic rings. The summed E-state index contributed by atoms with van der Waals surface area (Å²) in [5.74, 6) is 3.06. The van der Waals surface area contributed by atoms with Crippen LogP contribution < -0.4 is 0 Å². The number of allylic oxidation sites excluding steroid dienone is 2. The van der Waals surface area contributed by atoms with E-state index in [1.807, 2.05) is 12.1 Å². The van der Waals surface area contributed by atoms with Gasteiger partial charge in [0, 0.05) is 0 Å². The summed E-state index contributed by atoms with van der Waals surface area (Å²) in [5.41, 5.74) is 2.99. The molecule has 2 nitrogen and oxygen atoms in total. The van der Waals surface area contributed by atoms with Crippen molar-refractivity contribution in [2.75, 3.05) is 6.67 Å². The zero-order chi connectivity index (χ0) is 25.4. The fourth-order valence-corrected chi connectivity index (χ4v) is 8.18. The normalized spacial score (nSPS) is 31.4. The molecule has 1 unspecified atom stereocenters. The maximum absolute atomic E-state index is 12.1. The minimum atomic E-state index is -0.182. The van der Waals surface area contributed by atoms with Gasteiger partial charge in [-0.2, -0.15) is 0 Å². The SMILES string of the molecule is C[C@]12CC[C@@H]3c4ccc(O)cc4CC(CCCCCCCCC/C=C\CCCCF)[C@H]3[C@@H]1CC[C@@H]2O. The van der Waals surface area contributed by atoms with E-state index in [0.717, 1.165) is 32.1 Å². The molecule has 1 aromatic rings. The third-order valence-corrected chi connectivity index (χ3v) is 10.2. The lowest BCUT2D eigenvalue weighted by atomic mass is 9.52. The first-order valence-electron chi connectivity index (χ1n) is 15.3. The fourth-order valence-electron chi connectivity index (χ4n) is 8.18. The number of aliphatic hydroxyl groups is 1. The van der Waals surface area contributed by atoms with Crippen LogP contribution in [0.2, 0.25) is 0 Å². The molecule has 3 aliphatic carbocycles. The van der Waals surface area contributed by atoms with Gasteiger partial charge in [-0.3, -0.25) is 4.39 Å². The molecule has 0 aliphatic heterocycles. The van der Waals surface area contributed by atoms with Gasteiger partial charge in [0.1, 0.15) is 5.75 Å². The van der Waals surface area contributed by atoms with Gasteiger partial charge in [0.2, 0.25) is 0 Å². The van der Waals surface area contributed by atoms with Crippen LogP contribution in [0.1, 0.15) is 127 Å². The van der Waals surface area contributed by atoms with E-state index in [1.54, 1.807) is 0 Å². The Morgan fingerprint density at radius 2 is 1.61 bits per heavy atom. The van der Waals surface area contributed by atoms with E-state index in [2.05, 4.69) is 25.1 Å². The Labute approximate surface area is 219 Å². The molecule has 2 N–H and O–H groups in total. The second-order valence-electron chi connectivity index (χ2n) is 12.5. The summed E-state index contributed by atoms with van der Waals surface area (Å²) < 4.78 is 12.1. The average Bonchev–Trinajstić information content (AvgIpc) is 3.18. The molecule has 0 spiro atoms. The van der Waals surface area contributed by atoms with E-state index in [-0.39, 0.29) is 18.2 Å². The quantitative estimate of drug-likeness (QED) is 0.198. The number of unbranched alkanes of at least 4 members (excludes halogenated alkanes) is 9. The van der Waals surface area contributed by atoms with Crippen molar-refractivity contribution in [3.8, 4) is 5.75 Å². The average molecular weight is 499 g/mol. The molecule has 0 bridgehead atoms. The molecule has 2 saturated carbocycles. The van der Waals surface area contributed by atoms with E-state index in [9.17, 15) is 14.6 Å². The van der Waals surface area contributed by atoms with Crippen molar-refractivity contribution in [1.82, 2.24) is 0 Å². The zero-order valence-corrected chi connectivity index (χ0v) is 22.8. The van der Waals surface area contributed by atoms with Crippen LogP contribution in [0.3, 0.4) is 0 Å². The van der Waals surface area contributed by atoms with Crippen molar-refractivity contribution in [2.45, 2.75) is 128 Å². The van der Waals surface area contributed by atoms with Gasteiger partial charge in [-0.05, 0) is 123 Å². The molecule has 36 heavy (non-hydrogen) atoms. The first-order valence-corrected chi connectivity index (χ1v) is 15.3. The van der Waals surface area contributed by atoms with E-state index in [1.165, 1.54) is 81.8 Å². The number of phenolic OH excluding ortho intramolecular Hbond substituents is 1. The number of hydrogen-bond acceptors (Lipinski definition) is 2. The molecular formula is C33H51FO2. The fraction of sp³-hybridized carbons (Fsp3) is 0.758. The van der Waals surface area contributed by atoms with Crippen molar-refractivity contribution in [2.24, 2.45) is 23.2 Å². The first-order chi connectivity index (χ1) is 17.5. The number of rotatable bonds is 14. The zero-order valence-electron chi connectivity index (χ0n) is 22.8. The van der Waals surface area contributed by atoms with Gasteiger partial charge < -0.3 is 10.2 Å². The highest BCUT2D eigenvalue weighted by Crippen LogP contribution is 2.62. The molecule has 0 amide bonds. The third kappa shape index (κ3) is 6.55. The van der Waals surface area contributed by atoms with E-state index in [4.69, 9.17) is 0 Å². The minimum Gasteiger partial charge on any atom is -0.508 e. The van der Waals surface area contributed by atoms with Crippen molar-refractivity contribution in [3.05, 3.63) is 41.5 Å². The Kier molecular flexibility index (Phi) is 10.3. The summed E-state index contributed by atoms with van der Waals surface area (Å²) in [7, 11) is 0. The van der Waals surface area contributed by atoms with Crippen LogP contribution in [0, 0.1) is 23.2 Å². The molecule has 2 fully saturated rings. The number of phenols is 1. The van der Waals surface area contributed by atoms with Crippen molar-refractivity contribution in [1.29, 1.82) is 0 Å².